The summed E-state index contributed by atoms with van der Waals surface area (Å²) in [5, 5.41) is 9.98. The lowest BCUT2D eigenvalue weighted by atomic mass is 9.88. The van der Waals surface area contributed by atoms with Crippen molar-refractivity contribution >= 4 is 5.78 Å². The summed E-state index contributed by atoms with van der Waals surface area (Å²) >= 11 is 0. The molecule has 1 aromatic carbocycles. The number of halogens is 1. The van der Waals surface area contributed by atoms with E-state index in [9.17, 15) is 14.3 Å². The summed E-state index contributed by atoms with van der Waals surface area (Å²) in [5.74, 6) is -0.715. The first-order valence-electron chi connectivity index (χ1n) is 5.52. The number of ketones is 1. The Hall–Kier alpha value is -1.22. The van der Waals surface area contributed by atoms with Crippen LogP contribution in [0.25, 0.3) is 0 Å². The second kappa shape index (κ2) is 5.21. The summed E-state index contributed by atoms with van der Waals surface area (Å²) in [6, 6.07) is 6.15. The van der Waals surface area contributed by atoms with Gasteiger partial charge < -0.3 is 5.11 Å². The van der Waals surface area contributed by atoms with Crippen LogP contribution in [0.1, 0.15) is 32.3 Å². The third-order valence-corrected chi connectivity index (χ3v) is 3.00. The molecule has 1 N–H and O–H groups in total. The van der Waals surface area contributed by atoms with Crippen LogP contribution in [-0.2, 0) is 11.2 Å². The number of carbonyl (C=O) groups excluding carboxylic acids is 1. The van der Waals surface area contributed by atoms with Crippen LogP contribution in [-0.4, -0.2) is 16.5 Å². The Morgan fingerprint density at radius 1 is 1.31 bits per heavy atom. The third kappa shape index (κ3) is 2.67. The van der Waals surface area contributed by atoms with Crippen LogP contribution in [0, 0.1) is 5.82 Å². The molecule has 0 atom stereocenters. The number of aliphatic hydroxyl groups is 1. The molecule has 0 radical (unpaired) electrons. The molecular weight excluding hydrogens is 207 g/mol. The van der Waals surface area contributed by atoms with E-state index < -0.39 is 11.4 Å². The zero-order valence-corrected chi connectivity index (χ0v) is 9.66. The second-order valence-electron chi connectivity index (χ2n) is 3.93. The van der Waals surface area contributed by atoms with Crippen LogP contribution in [0.15, 0.2) is 24.3 Å². The van der Waals surface area contributed by atoms with Crippen LogP contribution < -0.4 is 0 Å². The lowest BCUT2D eigenvalue weighted by Crippen LogP contribution is -2.38. The molecule has 1 aromatic rings. The van der Waals surface area contributed by atoms with E-state index in [0.29, 0.717) is 18.4 Å². The Labute approximate surface area is 95.1 Å². The van der Waals surface area contributed by atoms with E-state index in [1.165, 1.54) is 6.07 Å². The Morgan fingerprint density at radius 3 is 2.38 bits per heavy atom. The minimum absolute atomic E-state index is 0.0507. The van der Waals surface area contributed by atoms with E-state index in [1.54, 1.807) is 32.0 Å². The maximum absolute atomic E-state index is 13.3. The Balaban J connectivity index is 2.83. The number of hydrogen-bond donors (Lipinski definition) is 1. The molecule has 0 bridgehead atoms. The van der Waals surface area contributed by atoms with Crippen molar-refractivity contribution in [1.82, 2.24) is 0 Å². The van der Waals surface area contributed by atoms with Crippen molar-refractivity contribution < 1.29 is 14.3 Å². The van der Waals surface area contributed by atoms with Gasteiger partial charge in [-0.2, -0.15) is 0 Å². The van der Waals surface area contributed by atoms with Crippen molar-refractivity contribution in [3.63, 3.8) is 0 Å². The van der Waals surface area contributed by atoms with Crippen LogP contribution >= 0.6 is 0 Å². The monoisotopic (exact) mass is 224 g/mol. The smallest absolute Gasteiger partial charge is 0.168 e. The van der Waals surface area contributed by atoms with E-state index in [4.69, 9.17) is 0 Å². The van der Waals surface area contributed by atoms with Crippen molar-refractivity contribution in [2.75, 3.05) is 0 Å². The lowest BCUT2D eigenvalue weighted by molar-refractivity contribution is -0.137. The molecule has 3 heteroatoms. The molecule has 0 aliphatic carbocycles. The van der Waals surface area contributed by atoms with E-state index in [0.717, 1.165) is 0 Å². The Kier molecular flexibility index (Phi) is 4.19. The summed E-state index contributed by atoms with van der Waals surface area (Å²) in [4.78, 5) is 11.8. The summed E-state index contributed by atoms with van der Waals surface area (Å²) < 4.78 is 13.3. The van der Waals surface area contributed by atoms with Gasteiger partial charge in [-0.05, 0) is 24.5 Å². The predicted octanol–water partition coefficient (Wildman–Crippen LogP) is 2.49. The molecule has 0 aromatic heterocycles. The van der Waals surface area contributed by atoms with Gasteiger partial charge in [-0.25, -0.2) is 4.39 Å². The summed E-state index contributed by atoms with van der Waals surface area (Å²) in [6.07, 6.45) is 0.665. The zero-order chi connectivity index (χ0) is 12.2. The number of rotatable bonds is 5. The highest BCUT2D eigenvalue weighted by molar-refractivity contribution is 5.88. The predicted molar refractivity (Wildman–Crippen MR) is 60.6 cm³/mol. The second-order valence-corrected chi connectivity index (χ2v) is 3.93. The first-order valence-corrected chi connectivity index (χ1v) is 5.52. The van der Waals surface area contributed by atoms with Crippen molar-refractivity contribution in [1.29, 1.82) is 0 Å². The SMILES string of the molecule is CCC(O)(CC)C(=O)Cc1ccccc1F. The highest BCUT2D eigenvalue weighted by atomic mass is 19.1. The van der Waals surface area contributed by atoms with Crippen LogP contribution in [0.3, 0.4) is 0 Å². The molecule has 0 saturated carbocycles. The van der Waals surface area contributed by atoms with Crippen LogP contribution in [0.4, 0.5) is 4.39 Å². The molecule has 16 heavy (non-hydrogen) atoms. The molecule has 2 nitrogen and oxygen atoms in total. The van der Waals surface area contributed by atoms with Gasteiger partial charge in [0.05, 0.1) is 0 Å². The fraction of sp³-hybridized carbons (Fsp3) is 0.462. The molecule has 0 spiro atoms. The van der Waals surface area contributed by atoms with Gasteiger partial charge in [0, 0.05) is 6.42 Å². The van der Waals surface area contributed by atoms with Gasteiger partial charge in [0.15, 0.2) is 5.78 Å². The average molecular weight is 224 g/mol. The molecule has 88 valence electrons. The van der Waals surface area contributed by atoms with Crippen LogP contribution in [0.5, 0.6) is 0 Å². The lowest BCUT2D eigenvalue weighted by Gasteiger charge is -2.23. The maximum atomic E-state index is 13.3. The van der Waals surface area contributed by atoms with Crippen molar-refractivity contribution in [2.45, 2.75) is 38.7 Å². The fourth-order valence-corrected chi connectivity index (χ4v) is 1.62. The Morgan fingerprint density at radius 2 is 1.88 bits per heavy atom. The molecule has 0 aliphatic rings. The topological polar surface area (TPSA) is 37.3 Å². The third-order valence-electron chi connectivity index (χ3n) is 3.00. The minimum Gasteiger partial charge on any atom is -0.382 e. The molecular formula is C13H17FO2. The van der Waals surface area contributed by atoms with Crippen LogP contribution in [0.2, 0.25) is 0 Å². The van der Waals surface area contributed by atoms with Crippen molar-refractivity contribution in [3.8, 4) is 0 Å². The normalized spacial score (nSPS) is 11.5. The number of hydrogen-bond acceptors (Lipinski definition) is 2. The van der Waals surface area contributed by atoms with Gasteiger partial charge in [0.2, 0.25) is 0 Å². The van der Waals surface area contributed by atoms with Gasteiger partial charge in [0.25, 0.3) is 0 Å². The summed E-state index contributed by atoms with van der Waals surface area (Å²) in [7, 11) is 0. The number of Topliss-reactive ketones (excluding diaryl/α,β-unsaturated/α-hetero) is 1. The first kappa shape index (κ1) is 12.8. The van der Waals surface area contributed by atoms with Gasteiger partial charge >= 0.3 is 0 Å². The van der Waals surface area contributed by atoms with E-state index in [-0.39, 0.29) is 12.2 Å². The highest BCUT2D eigenvalue weighted by Crippen LogP contribution is 2.19. The largest absolute Gasteiger partial charge is 0.382 e. The fourth-order valence-electron chi connectivity index (χ4n) is 1.62. The van der Waals surface area contributed by atoms with E-state index >= 15 is 0 Å². The zero-order valence-electron chi connectivity index (χ0n) is 9.66. The summed E-state index contributed by atoms with van der Waals surface area (Å²) in [5.41, 5.74) is -0.977. The van der Waals surface area contributed by atoms with E-state index in [1.807, 2.05) is 0 Å². The Bertz CT molecular complexity index is 370. The van der Waals surface area contributed by atoms with Gasteiger partial charge in [-0.3, -0.25) is 4.79 Å². The number of carbonyl (C=O) groups is 1. The average Bonchev–Trinajstić information content (AvgIpc) is 2.31. The maximum Gasteiger partial charge on any atom is 0.168 e. The molecule has 0 fully saturated rings. The van der Waals surface area contributed by atoms with Gasteiger partial charge in [0.1, 0.15) is 11.4 Å². The molecule has 0 amide bonds. The molecule has 0 heterocycles. The molecule has 0 unspecified atom stereocenters. The molecule has 0 aliphatic heterocycles. The summed E-state index contributed by atoms with van der Waals surface area (Å²) in [6.45, 7) is 3.51. The standard InChI is InChI=1S/C13H17FO2/c1-3-13(16,4-2)12(15)9-10-7-5-6-8-11(10)14/h5-8,16H,3-4,9H2,1-2H3. The highest BCUT2D eigenvalue weighted by Gasteiger charge is 2.31. The van der Waals surface area contributed by atoms with E-state index in [2.05, 4.69) is 0 Å². The van der Waals surface area contributed by atoms with Crippen molar-refractivity contribution in [2.24, 2.45) is 0 Å². The minimum atomic E-state index is -1.32. The van der Waals surface area contributed by atoms with Gasteiger partial charge in [-0.15, -0.1) is 0 Å². The molecule has 0 saturated heterocycles. The van der Waals surface area contributed by atoms with Crippen molar-refractivity contribution in [3.05, 3.63) is 35.6 Å². The van der Waals surface area contributed by atoms with Gasteiger partial charge in [-0.1, -0.05) is 32.0 Å². The first-order chi connectivity index (χ1) is 7.53. The quantitative estimate of drug-likeness (QED) is 0.834. The molecule has 1 rings (SSSR count). The number of benzene rings is 1.